The number of halogens is 2. The van der Waals surface area contributed by atoms with E-state index in [0.717, 1.165) is 36.2 Å². The van der Waals surface area contributed by atoms with Gasteiger partial charge in [0.25, 0.3) is 0 Å². The average Bonchev–Trinajstić information content (AvgIpc) is 2.82. The lowest BCUT2D eigenvalue weighted by Crippen LogP contribution is -2.15. The summed E-state index contributed by atoms with van der Waals surface area (Å²) in [6, 6.07) is 7.29. The maximum Gasteiger partial charge on any atom is 0.232 e. The third kappa shape index (κ3) is 5.66. The lowest BCUT2D eigenvalue weighted by atomic mass is 9.87. The normalized spacial score (nSPS) is 14.1. The minimum Gasteiger partial charge on any atom is -0.755 e. The molecule has 2 N–H and O–H groups in total. The molecule has 0 radical (unpaired) electrons. The Labute approximate surface area is 210 Å². The summed E-state index contributed by atoms with van der Waals surface area (Å²) in [5.41, 5.74) is 3.24. The van der Waals surface area contributed by atoms with E-state index in [0.29, 0.717) is 35.7 Å². The van der Waals surface area contributed by atoms with E-state index in [1.165, 1.54) is 25.1 Å². The standard InChI is InChI=1S/C24H25F2N3O5S2/c1-3-36(32,33)29-16-9-11-21(34-22-10-8-15(25)12-19(22)26)18(13-16)23-17-6-4-5-7-20(17)27-14(2)24(23)28-35(30)31/h8-13,28-29H,3-7H2,1-2H3,(H,30,31)/p-1. The first-order valence-electron chi connectivity index (χ1n) is 11.2. The molecule has 0 spiro atoms. The van der Waals surface area contributed by atoms with Crippen molar-refractivity contribution in [2.75, 3.05) is 15.2 Å². The van der Waals surface area contributed by atoms with E-state index in [2.05, 4.69) is 14.4 Å². The first-order valence-corrected chi connectivity index (χ1v) is 14.0. The van der Waals surface area contributed by atoms with Crippen molar-refractivity contribution in [3.8, 4) is 22.6 Å². The van der Waals surface area contributed by atoms with Crippen molar-refractivity contribution < 1.29 is 30.7 Å². The Kier molecular flexibility index (Phi) is 7.57. The second-order valence-electron chi connectivity index (χ2n) is 8.31. The number of aromatic nitrogens is 1. The van der Waals surface area contributed by atoms with Gasteiger partial charge in [0.2, 0.25) is 10.0 Å². The molecule has 8 nitrogen and oxygen atoms in total. The molecule has 0 amide bonds. The van der Waals surface area contributed by atoms with E-state index in [1.807, 2.05) is 0 Å². The molecule has 4 rings (SSSR count). The maximum absolute atomic E-state index is 14.4. The van der Waals surface area contributed by atoms with Crippen molar-refractivity contribution in [2.24, 2.45) is 0 Å². The number of sulfonamides is 1. The fourth-order valence-corrected chi connectivity index (χ4v) is 5.23. The number of hydrogen-bond donors (Lipinski definition) is 2. The van der Waals surface area contributed by atoms with Crippen molar-refractivity contribution in [1.29, 1.82) is 0 Å². The van der Waals surface area contributed by atoms with Crippen molar-refractivity contribution in [3.05, 3.63) is 65.0 Å². The average molecular weight is 537 g/mol. The predicted octanol–water partition coefficient (Wildman–Crippen LogP) is 4.97. The molecule has 0 saturated carbocycles. The third-order valence-electron chi connectivity index (χ3n) is 5.86. The van der Waals surface area contributed by atoms with Gasteiger partial charge in [0.05, 0.1) is 17.1 Å². The number of fused-ring (bicyclic) bond motifs is 1. The van der Waals surface area contributed by atoms with E-state index >= 15 is 0 Å². The Balaban J connectivity index is 1.98. The highest BCUT2D eigenvalue weighted by Crippen LogP contribution is 2.45. The van der Waals surface area contributed by atoms with Crippen LogP contribution in [0.5, 0.6) is 11.5 Å². The van der Waals surface area contributed by atoms with Gasteiger partial charge >= 0.3 is 0 Å². The largest absolute Gasteiger partial charge is 0.755 e. The van der Waals surface area contributed by atoms with Crippen LogP contribution in [0, 0.1) is 18.6 Å². The first kappa shape index (κ1) is 26.0. The Morgan fingerprint density at radius 1 is 1.11 bits per heavy atom. The number of ether oxygens (including phenoxy) is 1. The fourth-order valence-electron chi connectivity index (χ4n) is 4.18. The van der Waals surface area contributed by atoms with Crippen LogP contribution in [0.2, 0.25) is 0 Å². The van der Waals surface area contributed by atoms with E-state index in [9.17, 15) is 26.0 Å². The monoisotopic (exact) mass is 536 g/mol. The van der Waals surface area contributed by atoms with Gasteiger partial charge in [0.1, 0.15) is 11.6 Å². The highest BCUT2D eigenvalue weighted by molar-refractivity contribution is 7.92. The Morgan fingerprint density at radius 3 is 2.53 bits per heavy atom. The highest BCUT2D eigenvalue weighted by Gasteiger charge is 2.25. The molecular formula is C24H24F2N3O5S2-. The molecule has 1 unspecified atom stereocenters. The van der Waals surface area contributed by atoms with Crippen LogP contribution in [0.3, 0.4) is 0 Å². The van der Waals surface area contributed by atoms with Crippen LogP contribution in [0.1, 0.15) is 36.7 Å². The van der Waals surface area contributed by atoms with Crippen LogP contribution >= 0.6 is 0 Å². The second-order valence-corrected chi connectivity index (χ2v) is 11.0. The number of anilines is 2. The van der Waals surface area contributed by atoms with Crippen molar-refractivity contribution in [2.45, 2.75) is 39.5 Å². The molecule has 192 valence electrons. The van der Waals surface area contributed by atoms with Crippen LogP contribution < -0.4 is 14.2 Å². The maximum atomic E-state index is 14.4. The zero-order valence-corrected chi connectivity index (χ0v) is 21.2. The van der Waals surface area contributed by atoms with Gasteiger partial charge < -0.3 is 14.0 Å². The van der Waals surface area contributed by atoms with E-state index < -0.39 is 32.9 Å². The zero-order chi connectivity index (χ0) is 26.0. The molecule has 1 aliphatic carbocycles. The highest BCUT2D eigenvalue weighted by atomic mass is 32.2. The van der Waals surface area contributed by atoms with E-state index in [1.54, 1.807) is 6.92 Å². The second kappa shape index (κ2) is 10.5. The summed E-state index contributed by atoms with van der Waals surface area (Å²) in [6.07, 6.45) is 3.05. The van der Waals surface area contributed by atoms with Crippen LogP contribution in [0.25, 0.3) is 11.1 Å². The number of rotatable bonds is 8. The fraction of sp³-hybridized carbons (Fsp3) is 0.292. The first-order chi connectivity index (χ1) is 17.1. The molecule has 3 aromatic rings. The molecule has 1 aliphatic rings. The quantitative estimate of drug-likeness (QED) is 0.392. The summed E-state index contributed by atoms with van der Waals surface area (Å²) in [4.78, 5) is 4.60. The van der Waals surface area contributed by atoms with Crippen LogP contribution in [0.4, 0.5) is 20.2 Å². The van der Waals surface area contributed by atoms with E-state index in [-0.39, 0.29) is 28.6 Å². The van der Waals surface area contributed by atoms with Crippen LogP contribution in [-0.4, -0.2) is 27.9 Å². The summed E-state index contributed by atoms with van der Waals surface area (Å²) < 4.78 is 86.4. The van der Waals surface area contributed by atoms with Crippen molar-refractivity contribution in [1.82, 2.24) is 4.98 Å². The van der Waals surface area contributed by atoms with Crippen LogP contribution in [-0.2, 0) is 34.1 Å². The third-order valence-corrected chi connectivity index (χ3v) is 7.53. The summed E-state index contributed by atoms with van der Waals surface area (Å²) >= 11 is -2.68. The minimum absolute atomic E-state index is 0.123. The van der Waals surface area contributed by atoms with Gasteiger partial charge in [-0.3, -0.25) is 13.9 Å². The lowest BCUT2D eigenvalue weighted by Gasteiger charge is -2.26. The van der Waals surface area contributed by atoms with Gasteiger partial charge in [0, 0.05) is 39.8 Å². The number of nitrogens with zero attached hydrogens (tertiary/aromatic N) is 1. The lowest BCUT2D eigenvalue weighted by molar-refractivity contribution is 0.439. The molecule has 1 atom stereocenters. The molecule has 0 aliphatic heterocycles. The number of benzene rings is 2. The minimum atomic E-state index is -3.63. The summed E-state index contributed by atoms with van der Waals surface area (Å²) in [7, 11) is -3.63. The molecular weight excluding hydrogens is 512 g/mol. The van der Waals surface area contributed by atoms with Crippen LogP contribution in [0.15, 0.2) is 36.4 Å². The van der Waals surface area contributed by atoms with Gasteiger partial charge in [-0.05, 0) is 75.4 Å². The molecule has 1 heterocycles. The molecule has 36 heavy (non-hydrogen) atoms. The van der Waals surface area contributed by atoms with Gasteiger partial charge in [-0.1, -0.05) is 0 Å². The summed E-state index contributed by atoms with van der Waals surface area (Å²) in [5.74, 6) is -1.98. The van der Waals surface area contributed by atoms with E-state index in [4.69, 9.17) is 4.74 Å². The van der Waals surface area contributed by atoms with Crippen molar-refractivity contribution >= 4 is 32.7 Å². The molecule has 0 bridgehead atoms. The number of aryl methyl sites for hydroxylation is 2. The van der Waals surface area contributed by atoms with Gasteiger partial charge in [-0.25, -0.2) is 17.2 Å². The molecule has 0 fully saturated rings. The topological polar surface area (TPSA) is 120 Å². The predicted molar refractivity (Wildman–Crippen MR) is 133 cm³/mol. The molecule has 0 saturated heterocycles. The van der Waals surface area contributed by atoms with Gasteiger partial charge in [0.15, 0.2) is 11.6 Å². The zero-order valence-electron chi connectivity index (χ0n) is 19.6. The molecule has 12 heteroatoms. The number of hydrogen-bond acceptors (Lipinski definition) is 6. The SMILES string of the molecule is CCS(=O)(=O)Nc1ccc(Oc2ccc(F)cc2F)c(-c2c3c(nc(C)c2NS(=O)[O-])CCCC3)c1. The Bertz CT molecular complexity index is 1450. The molecule has 2 aromatic carbocycles. The Hall–Kier alpha value is -3.09. The smallest absolute Gasteiger partial charge is 0.232 e. The van der Waals surface area contributed by atoms with Crippen molar-refractivity contribution in [3.63, 3.8) is 0 Å². The molecule has 1 aromatic heterocycles. The van der Waals surface area contributed by atoms with Gasteiger partial charge in [-0.15, -0.1) is 0 Å². The number of pyridine rings is 1. The summed E-state index contributed by atoms with van der Waals surface area (Å²) in [6.45, 7) is 3.16. The Morgan fingerprint density at radius 2 is 1.83 bits per heavy atom. The van der Waals surface area contributed by atoms with Gasteiger partial charge in [-0.2, -0.15) is 0 Å². The summed E-state index contributed by atoms with van der Waals surface area (Å²) in [5, 5.41) is 0. The number of nitrogens with one attached hydrogen (secondary N) is 2.